The van der Waals surface area contributed by atoms with Gasteiger partial charge in [0.05, 0.1) is 41.1 Å². The second-order valence-corrected chi connectivity index (χ2v) is 14.1. The average Bonchev–Trinajstić information content (AvgIpc) is 3.69. The van der Waals surface area contributed by atoms with Crippen molar-refractivity contribution in [2.24, 2.45) is 17.6 Å². The molecular formula is C44H46F2N2O5. The minimum Gasteiger partial charge on any atom is -0.478 e. The van der Waals surface area contributed by atoms with E-state index in [9.17, 15) is 18.4 Å². The van der Waals surface area contributed by atoms with Gasteiger partial charge in [-0.2, -0.15) is 0 Å². The predicted octanol–water partition coefficient (Wildman–Crippen LogP) is 7.45. The Morgan fingerprint density at radius 2 is 1.13 bits per heavy atom. The van der Waals surface area contributed by atoms with Crippen molar-refractivity contribution in [2.45, 2.75) is 51.7 Å². The second-order valence-electron chi connectivity index (χ2n) is 14.1. The van der Waals surface area contributed by atoms with Gasteiger partial charge in [-0.05, 0) is 126 Å². The fourth-order valence-electron chi connectivity index (χ4n) is 5.74. The first kappa shape index (κ1) is 40.5. The van der Waals surface area contributed by atoms with E-state index in [1.54, 1.807) is 72.8 Å². The van der Waals surface area contributed by atoms with Gasteiger partial charge >= 0.3 is 5.97 Å². The van der Waals surface area contributed by atoms with E-state index in [0.29, 0.717) is 47.2 Å². The highest BCUT2D eigenvalue weighted by Crippen LogP contribution is 2.29. The number of carboxylic acid groups (broad SMARTS) is 1. The van der Waals surface area contributed by atoms with Crippen molar-refractivity contribution in [1.29, 1.82) is 0 Å². The Labute approximate surface area is 310 Å². The van der Waals surface area contributed by atoms with Crippen molar-refractivity contribution < 1.29 is 33.0 Å². The molecule has 53 heavy (non-hydrogen) atoms. The van der Waals surface area contributed by atoms with E-state index in [0.717, 1.165) is 31.6 Å². The van der Waals surface area contributed by atoms with Gasteiger partial charge in [0.25, 0.3) is 5.91 Å². The molecule has 0 aromatic heterocycles. The van der Waals surface area contributed by atoms with Crippen LogP contribution in [0.2, 0.25) is 0 Å². The van der Waals surface area contributed by atoms with E-state index in [-0.39, 0.29) is 34.3 Å². The lowest BCUT2D eigenvalue weighted by atomic mass is 9.98. The first-order valence-corrected chi connectivity index (χ1v) is 17.5. The summed E-state index contributed by atoms with van der Waals surface area (Å²) >= 11 is 0. The molecule has 7 nitrogen and oxygen atoms in total. The third-order valence-electron chi connectivity index (χ3n) is 8.57. The molecule has 2 atom stereocenters. The quantitative estimate of drug-likeness (QED) is 0.185. The van der Waals surface area contributed by atoms with Gasteiger partial charge in [-0.1, -0.05) is 47.9 Å². The van der Waals surface area contributed by atoms with E-state index in [4.69, 9.17) is 20.3 Å². The number of aromatic carboxylic acids is 1. The van der Waals surface area contributed by atoms with E-state index >= 15 is 0 Å². The Morgan fingerprint density at radius 1 is 0.698 bits per heavy atom. The molecule has 4 N–H and O–H groups in total. The Hall–Kier alpha value is -5.32. The number of carboxylic acids is 1. The number of rotatable bonds is 5. The van der Waals surface area contributed by atoms with Gasteiger partial charge in [-0.25, -0.2) is 13.6 Å². The zero-order valence-electron chi connectivity index (χ0n) is 30.5. The first-order valence-electron chi connectivity index (χ1n) is 17.5. The van der Waals surface area contributed by atoms with Crippen LogP contribution in [0, 0.1) is 47.2 Å². The lowest BCUT2D eigenvalue weighted by Crippen LogP contribution is -2.30. The molecule has 0 bridgehead atoms. The summed E-state index contributed by atoms with van der Waals surface area (Å²) in [5.74, 6) is 10.4. The lowest BCUT2D eigenvalue weighted by Gasteiger charge is -2.15. The van der Waals surface area contributed by atoms with Crippen molar-refractivity contribution >= 4 is 11.9 Å². The molecule has 0 radical (unpaired) electrons. The highest BCUT2D eigenvalue weighted by Gasteiger charge is 2.32. The summed E-state index contributed by atoms with van der Waals surface area (Å²) in [7, 11) is 0. The zero-order valence-corrected chi connectivity index (χ0v) is 30.5. The summed E-state index contributed by atoms with van der Waals surface area (Å²) in [6.07, 6.45) is 2.06. The van der Waals surface area contributed by atoms with Crippen LogP contribution in [-0.2, 0) is 9.47 Å². The summed E-state index contributed by atoms with van der Waals surface area (Å²) in [5, 5.41) is 11.7. The number of amides is 1. The van der Waals surface area contributed by atoms with Crippen LogP contribution in [0.3, 0.4) is 0 Å². The number of hydrogen-bond donors (Lipinski definition) is 3. The van der Waals surface area contributed by atoms with E-state index in [1.807, 2.05) is 0 Å². The van der Waals surface area contributed by atoms with E-state index in [1.165, 1.54) is 24.3 Å². The van der Waals surface area contributed by atoms with Crippen LogP contribution < -0.4 is 11.1 Å². The number of benzene rings is 4. The van der Waals surface area contributed by atoms with E-state index < -0.39 is 5.97 Å². The minimum atomic E-state index is -0.983. The summed E-state index contributed by atoms with van der Waals surface area (Å²) in [6, 6.07) is 25.8. The molecule has 2 heterocycles. The monoisotopic (exact) mass is 720 g/mol. The Morgan fingerprint density at radius 3 is 1.51 bits per heavy atom. The Kier molecular flexibility index (Phi) is 14.5. The topological polar surface area (TPSA) is 111 Å². The molecule has 2 aliphatic rings. The SMILES string of the molecule is CC1(C)CC(CN)CO1.CC1(C)CC(CNC(=O)c2ccc(C#Cc3ccccc3F)cc2)CO1.O=C(O)c1ccc(C#Cc2ccccc2F)cc1. The molecule has 0 saturated carbocycles. The van der Waals surface area contributed by atoms with Gasteiger partial charge in [0.1, 0.15) is 11.6 Å². The number of nitrogens with one attached hydrogen (secondary N) is 1. The van der Waals surface area contributed by atoms with Gasteiger partial charge < -0.3 is 25.6 Å². The van der Waals surface area contributed by atoms with Crippen molar-refractivity contribution in [3.05, 3.63) is 142 Å². The fourth-order valence-corrected chi connectivity index (χ4v) is 5.74. The minimum absolute atomic E-state index is 0.0873. The molecule has 6 rings (SSSR count). The van der Waals surface area contributed by atoms with Crippen LogP contribution in [0.4, 0.5) is 8.78 Å². The van der Waals surface area contributed by atoms with Crippen molar-refractivity contribution in [1.82, 2.24) is 5.32 Å². The number of hydrogen-bond acceptors (Lipinski definition) is 5. The fraction of sp³-hybridized carbons (Fsp3) is 0.318. The molecule has 0 aliphatic carbocycles. The van der Waals surface area contributed by atoms with Crippen LogP contribution in [0.15, 0.2) is 97.1 Å². The maximum absolute atomic E-state index is 13.6. The van der Waals surface area contributed by atoms with Gasteiger partial charge in [0, 0.05) is 29.2 Å². The highest BCUT2D eigenvalue weighted by atomic mass is 19.1. The largest absolute Gasteiger partial charge is 0.478 e. The molecule has 4 aromatic rings. The number of halogens is 2. The normalized spacial score (nSPS) is 17.6. The lowest BCUT2D eigenvalue weighted by molar-refractivity contribution is 0.0347. The maximum Gasteiger partial charge on any atom is 0.335 e. The maximum atomic E-state index is 13.6. The van der Waals surface area contributed by atoms with Crippen LogP contribution in [0.1, 0.15) is 83.5 Å². The Bertz CT molecular complexity index is 1970. The van der Waals surface area contributed by atoms with Gasteiger partial charge in [-0.15, -0.1) is 0 Å². The smallest absolute Gasteiger partial charge is 0.335 e. The molecule has 276 valence electrons. The van der Waals surface area contributed by atoms with Crippen molar-refractivity contribution in [3.8, 4) is 23.7 Å². The number of nitrogens with two attached hydrogens (primary N) is 1. The summed E-state index contributed by atoms with van der Waals surface area (Å²) in [6.45, 7) is 11.3. The third kappa shape index (κ3) is 13.3. The van der Waals surface area contributed by atoms with Gasteiger partial charge in [0.15, 0.2) is 0 Å². The Balaban J connectivity index is 0.000000200. The molecule has 1 amide bonds. The molecule has 2 unspecified atom stereocenters. The van der Waals surface area contributed by atoms with Crippen LogP contribution in [-0.4, -0.2) is 54.5 Å². The molecule has 2 saturated heterocycles. The number of carbonyl (C=O) groups is 2. The van der Waals surface area contributed by atoms with Crippen molar-refractivity contribution in [2.75, 3.05) is 26.3 Å². The number of ether oxygens (including phenoxy) is 2. The molecule has 0 spiro atoms. The van der Waals surface area contributed by atoms with Gasteiger partial charge in [-0.3, -0.25) is 4.79 Å². The molecule has 9 heteroatoms. The van der Waals surface area contributed by atoms with Crippen LogP contribution in [0.25, 0.3) is 0 Å². The van der Waals surface area contributed by atoms with Crippen LogP contribution in [0.5, 0.6) is 0 Å². The third-order valence-corrected chi connectivity index (χ3v) is 8.57. The first-order chi connectivity index (χ1) is 25.2. The molecule has 2 fully saturated rings. The highest BCUT2D eigenvalue weighted by molar-refractivity contribution is 5.94. The summed E-state index contributed by atoms with van der Waals surface area (Å²) in [5.41, 5.74) is 8.29. The summed E-state index contributed by atoms with van der Waals surface area (Å²) < 4.78 is 38.0. The number of carbonyl (C=O) groups excluding carboxylic acids is 1. The standard InChI is InChI=1S/C22H22FNO2.C15H9FO2.C7H15NO/c1-22(2)13-17(15-26-22)14-24-21(25)19-11-8-16(9-12-19)7-10-18-5-3-4-6-20(18)23;16-14-4-2-1-3-12(14)8-5-11-6-9-13(10-7-11)15(17)18;1-7(2)3-6(4-8)5-9-7/h3-6,8-9,11-12,17H,13-15H2,1-2H3,(H,24,25);1-4,6-7,9-10H,(H,17,18);6H,3-5,8H2,1-2H3. The molecule has 4 aromatic carbocycles. The molecule has 2 aliphatic heterocycles. The van der Waals surface area contributed by atoms with E-state index in [2.05, 4.69) is 56.7 Å². The molecular weight excluding hydrogens is 674 g/mol. The zero-order chi connectivity index (χ0) is 38.4. The van der Waals surface area contributed by atoms with Crippen LogP contribution >= 0.6 is 0 Å². The summed E-state index contributed by atoms with van der Waals surface area (Å²) in [4.78, 5) is 22.9. The predicted molar refractivity (Wildman–Crippen MR) is 202 cm³/mol. The van der Waals surface area contributed by atoms with Gasteiger partial charge in [0.2, 0.25) is 0 Å². The van der Waals surface area contributed by atoms with Crippen molar-refractivity contribution in [3.63, 3.8) is 0 Å². The second kappa shape index (κ2) is 19.0. The average molecular weight is 721 g/mol.